The lowest BCUT2D eigenvalue weighted by Gasteiger charge is -2.07. The summed E-state index contributed by atoms with van der Waals surface area (Å²) in [7, 11) is 0. The Bertz CT molecular complexity index is 1190. The fourth-order valence-corrected chi connectivity index (χ4v) is 3.28. The maximum Gasteiger partial charge on any atom is 0.231 e. The summed E-state index contributed by atoms with van der Waals surface area (Å²) in [5, 5.41) is 0. The van der Waals surface area contributed by atoms with E-state index < -0.39 is 0 Å². The van der Waals surface area contributed by atoms with Gasteiger partial charge in [-0.05, 0) is 73.5 Å². The van der Waals surface area contributed by atoms with Gasteiger partial charge in [0, 0.05) is 5.56 Å². The molecule has 0 radical (unpaired) electrons. The van der Waals surface area contributed by atoms with E-state index in [0.29, 0.717) is 35.5 Å². The monoisotopic (exact) mass is 427 g/mol. The van der Waals surface area contributed by atoms with Crippen LogP contribution in [0.1, 0.15) is 42.1 Å². The van der Waals surface area contributed by atoms with Crippen LogP contribution in [-0.2, 0) is 0 Å². The molecule has 3 aromatic carbocycles. The molecule has 0 aliphatic carbocycles. The quantitative estimate of drug-likeness (QED) is 0.227. The van der Waals surface area contributed by atoms with Crippen molar-refractivity contribution in [2.75, 3.05) is 13.2 Å². The highest BCUT2D eigenvalue weighted by Crippen LogP contribution is 2.27. The van der Waals surface area contributed by atoms with Gasteiger partial charge in [-0.1, -0.05) is 31.2 Å². The van der Waals surface area contributed by atoms with Crippen LogP contribution in [-0.4, -0.2) is 24.0 Å². The molecule has 4 aromatic rings. The van der Waals surface area contributed by atoms with Crippen molar-refractivity contribution in [2.45, 2.75) is 20.3 Å². The average Bonchev–Trinajstić information content (AvgIpc) is 3.26. The number of fused-ring (bicyclic) bond motifs is 1. The van der Waals surface area contributed by atoms with Gasteiger partial charge >= 0.3 is 0 Å². The van der Waals surface area contributed by atoms with Gasteiger partial charge in [0.15, 0.2) is 11.4 Å². The Morgan fingerprint density at radius 2 is 1.59 bits per heavy atom. The second kappa shape index (κ2) is 9.96. The van der Waals surface area contributed by atoms with Crippen molar-refractivity contribution in [1.82, 2.24) is 4.98 Å². The molecule has 0 spiro atoms. The van der Waals surface area contributed by atoms with Gasteiger partial charge < -0.3 is 13.9 Å². The third kappa shape index (κ3) is 4.89. The molecule has 0 aliphatic heterocycles. The van der Waals surface area contributed by atoms with E-state index in [2.05, 4.69) is 11.9 Å². The SMILES string of the molecule is CCCOc1ccc(C(=O)C(=Cc2ccc(OCC)cc2)c2nc3ccccc3o2)cc1. The first-order chi connectivity index (χ1) is 15.7. The molecule has 5 heteroatoms. The first kappa shape index (κ1) is 21.4. The molecule has 0 aliphatic rings. The number of oxazole rings is 1. The fraction of sp³-hybridized carbons (Fsp3) is 0.185. The zero-order chi connectivity index (χ0) is 22.3. The highest BCUT2D eigenvalue weighted by Gasteiger charge is 2.20. The van der Waals surface area contributed by atoms with Crippen molar-refractivity contribution in [3.05, 3.63) is 89.8 Å². The first-order valence-electron chi connectivity index (χ1n) is 10.8. The van der Waals surface area contributed by atoms with Crippen molar-refractivity contribution in [2.24, 2.45) is 0 Å². The van der Waals surface area contributed by atoms with Gasteiger partial charge in [0.1, 0.15) is 17.0 Å². The summed E-state index contributed by atoms with van der Waals surface area (Å²) in [6, 6.07) is 22.2. The van der Waals surface area contributed by atoms with E-state index in [1.165, 1.54) is 0 Å². The molecule has 0 atom stereocenters. The number of nitrogens with zero attached hydrogens (tertiary/aromatic N) is 1. The highest BCUT2D eigenvalue weighted by atomic mass is 16.5. The van der Waals surface area contributed by atoms with Gasteiger partial charge in [0.05, 0.1) is 18.8 Å². The standard InChI is InChI=1S/C27H25NO4/c1-3-17-31-22-15-11-20(12-16-22)26(29)23(18-19-9-13-21(14-10-19)30-4-2)27-28-24-7-5-6-8-25(24)32-27/h5-16,18H,3-4,17H2,1-2H3. The lowest BCUT2D eigenvalue weighted by molar-refractivity contribution is 0.105. The molecular weight excluding hydrogens is 402 g/mol. The third-order valence-corrected chi connectivity index (χ3v) is 4.86. The fourth-order valence-electron chi connectivity index (χ4n) is 3.28. The number of aromatic nitrogens is 1. The van der Waals surface area contributed by atoms with Crippen molar-refractivity contribution >= 4 is 28.5 Å². The van der Waals surface area contributed by atoms with Gasteiger partial charge in [-0.15, -0.1) is 0 Å². The van der Waals surface area contributed by atoms with Crippen molar-refractivity contribution in [1.29, 1.82) is 0 Å². The summed E-state index contributed by atoms with van der Waals surface area (Å²) in [6.45, 7) is 5.23. The van der Waals surface area contributed by atoms with E-state index in [9.17, 15) is 4.79 Å². The number of hydrogen-bond acceptors (Lipinski definition) is 5. The predicted octanol–water partition coefficient (Wildman–Crippen LogP) is 6.44. The Hall–Kier alpha value is -3.86. The average molecular weight is 428 g/mol. The van der Waals surface area contributed by atoms with Crippen LogP contribution in [0.5, 0.6) is 11.5 Å². The molecule has 0 saturated heterocycles. The van der Waals surface area contributed by atoms with Crippen molar-refractivity contribution in [3.8, 4) is 11.5 Å². The Balaban J connectivity index is 1.72. The molecule has 4 rings (SSSR count). The number of rotatable bonds is 9. The summed E-state index contributed by atoms with van der Waals surface area (Å²) in [4.78, 5) is 18.0. The van der Waals surface area contributed by atoms with E-state index in [1.807, 2.05) is 67.6 Å². The lowest BCUT2D eigenvalue weighted by atomic mass is 10.0. The molecule has 32 heavy (non-hydrogen) atoms. The van der Waals surface area contributed by atoms with Crippen LogP contribution in [0.2, 0.25) is 0 Å². The van der Waals surface area contributed by atoms with E-state index in [4.69, 9.17) is 13.9 Å². The molecule has 1 heterocycles. The Kier molecular flexibility index (Phi) is 6.66. The van der Waals surface area contributed by atoms with Crippen LogP contribution in [0.4, 0.5) is 0 Å². The second-order valence-corrected chi connectivity index (χ2v) is 7.25. The molecule has 0 bridgehead atoms. The number of hydrogen-bond donors (Lipinski definition) is 0. The molecule has 162 valence electrons. The Labute approximate surface area is 187 Å². The van der Waals surface area contributed by atoms with Crippen molar-refractivity contribution < 1.29 is 18.7 Å². The minimum absolute atomic E-state index is 0.174. The number of carbonyl (C=O) groups excluding carboxylic acids is 1. The molecule has 0 fully saturated rings. The summed E-state index contributed by atoms with van der Waals surface area (Å²) >= 11 is 0. The molecule has 0 saturated carbocycles. The van der Waals surface area contributed by atoms with Crippen LogP contribution >= 0.6 is 0 Å². The van der Waals surface area contributed by atoms with Gasteiger partial charge in [0.25, 0.3) is 0 Å². The normalized spacial score (nSPS) is 11.5. The van der Waals surface area contributed by atoms with Gasteiger partial charge in [-0.2, -0.15) is 0 Å². The zero-order valence-electron chi connectivity index (χ0n) is 18.2. The van der Waals surface area contributed by atoms with Crippen LogP contribution in [0, 0.1) is 0 Å². The zero-order valence-corrected chi connectivity index (χ0v) is 18.2. The molecule has 0 N–H and O–H groups in total. The van der Waals surface area contributed by atoms with E-state index >= 15 is 0 Å². The Morgan fingerprint density at radius 1 is 0.906 bits per heavy atom. The van der Waals surface area contributed by atoms with Crippen molar-refractivity contribution in [3.63, 3.8) is 0 Å². The maximum absolute atomic E-state index is 13.5. The third-order valence-electron chi connectivity index (χ3n) is 4.86. The van der Waals surface area contributed by atoms with Crippen LogP contribution in [0.3, 0.4) is 0 Å². The largest absolute Gasteiger partial charge is 0.494 e. The number of carbonyl (C=O) groups is 1. The summed E-state index contributed by atoms with van der Waals surface area (Å²) in [6.07, 6.45) is 2.72. The Morgan fingerprint density at radius 3 is 2.28 bits per heavy atom. The lowest BCUT2D eigenvalue weighted by Crippen LogP contribution is -2.04. The number of para-hydroxylation sites is 2. The summed E-state index contributed by atoms with van der Waals surface area (Å²) < 4.78 is 17.1. The van der Waals surface area contributed by atoms with Gasteiger partial charge in [-0.3, -0.25) is 4.79 Å². The van der Waals surface area contributed by atoms with Gasteiger partial charge in [-0.25, -0.2) is 4.98 Å². The molecule has 5 nitrogen and oxygen atoms in total. The number of allylic oxidation sites excluding steroid dienone is 1. The summed E-state index contributed by atoms with van der Waals surface area (Å²) in [5.41, 5.74) is 3.11. The van der Waals surface area contributed by atoms with Crippen LogP contribution in [0.15, 0.2) is 77.2 Å². The summed E-state index contributed by atoms with van der Waals surface area (Å²) in [5.74, 6) is 1.63. The minimum atomic E-state index is -0.174. The number of Topliss-reactive ketones (excluding diaryl/α,β-unsaturated/α-hetero) is 1. The molecule has 0 amide bonds. The number of ketones is 1. The minimum Gasteiger partial charge on any atom is -0.494 e. The number of ether oxygens (including phenoxy) is 2. The molecular formula is C27H25NO4. The van der Waals surface area contributed by atoms with E-state index in [-0.39, 0.29) is 11.7 Å². The molecule has 0 unspecified atom stereocenters. The van der Waals surface area contributed by atoms with E-state index in [0.717, 1.165) is 23.5 Å². The van der Waals surface area contributed by atoms with Gasteiger partial charge in [0.2, 0.25) is 5.89 Å². The topological polar surface area (TPSA) is 61.6 Å². The number of benzene rings is 3. The van der Waals surface area contributed by atoms with E-state index in [1.54, 1.807) is 18.2 Å². The van der Waals surface area contributed by atoms with Crippen LogP contribution < -0.4 is 9.47 Å². The molecule has 1 aromatic heterocycles. The second-order valence-electron chi connectivity index (χ2n) is 7.25. The predicted molar refractivity (Wildman–Crippen MR) is 126 cm³/mol. The maximum atomic E-state index is 13.5. The smallest absolute Gasteiger partial charge is 0.231 e. The highest BCUT2D eigenvalue weighted by molar-refractivity contribution is 6.31. The first-order valence-corrected chi connectivity index (χ1v) is 10.8. The van der Waals surface area contributed by atoms with Crippen LogP contribution in [0.25, 0.3) is 22.7 Å².